The van der Waals surface area contributed by atoms with E-state index < -0.39 is 0 Å². The Morgan fingerprint density at radius 3 is 2.67 bits per heavy atom. The number of benzene rings is 1. The number of para-hydroxylation sites is 1. The normalized spacial score (nSPS) is 14.9. The summed E-state index contributed by atoms with van der Waals surface area (Å²) < 4.78 is 0. The van der Waals surface area contributed by atoms with E-state index in [0.29, 0.717) is 49.1 Å². The Bertz CT molecular complexity index is 929. The number of aryl methyl sites for hydroxylation is 1. The van der Waals surface area contributed by atoms with Crippen LogP contribution < -0.4 is 5.06 Å². The number of hydrogen-bond donors (Lipinski definition) is 0. The summed E-state index contributed by atoms with van der Waals surface area (Å²) in [4.78, 5) is 30.6. The van der Waals surface area contributed by atoms with E-state index in [1.165, 1.54) is 4.80 Å². The molecule has 0 spiro atoms. The number of carbonyl (C=O) groups is 1. The second-order valence-corrected chi connectivity index (χ2v) is 6.03. The van der Waals surface area contributed by atoms with Gasteiger partial charge in [0, 0.05) is 25.4 Å². The maximum Gasteiger partial charge on any atom is 0.256 e. The van der Waals surface area contributed by atoms with Gasteiger partial charge in [-0.25, -0.2) is 15.0 Å². The standard InChI is InChI=1S/C18H19N7O2/c1-14-19-7-6-17(22-14)24-11-10-23(12-13-27-24)18(26)15-4-2-3-5-16(15)25-20-8-9-21-25/h2-9H,10-13H2,1H3. The van der Waals surface area contributed by atoms with E-state index in [2.05, 4.69) is 20.2 Å². The van der Waals surface area contributed by atoms with Crippen LogP contribution in [-0.4, -0.2) is 62.0 Å². The van der Waals surface area contributed by atoms with Crippen LogP contribution in [0.1, 0.15) is 16.2 Å². The first-order valence-corrected chi connectivity index (χ1v) is 8.67. The molecule has 4 rings (SSSR count). The summed E-state index contributed by atoms with van der Waals surface area (Å²) in [6.07, 6.45) is 4.87. The Morgan fingerprint density at radius 2 is 1.85 bits per heavy atom. The van der Waals surface area contributed by atoms with Crippen LogP contribution in [-0.2, 0) is 4.84 Å². The molecule has 0 atom stereocenters. The number of amides is 1. The Labute approximate surface area is 156 Å². The van der Waals surface area contributed by atoms with Gasteiger partial charge in [0.1, 0.15) is 5.82 Å². The third-order valence-corrected chi connectivity index (χ3v) is 4.25. The molecule has 0 aliphatic carbocycles. The second-order valence-electron chi connectivity index (χ2n) is 6.03. The van der Waals surface area contributed by atoms with Crippen molar-refractivity contribution in [3.05, 3.63) is 60.3 Å². The predicted molar refractivity (Wildman–Crippen MR) is 97.3 cm³/mol. The topological polar surface area (TPSA) is 89.3 Å². The molecule has 0 unspecified atom stereocenters. The number of anilines is 1. The van der Waals surface area contributed by atoms with Crippen LogP contribution >= 0.6 is 0 Å². The van der Waals surface area contributed by atoms with Gasteiger partial charge in [-0.15, -0.1) is 0 Å². The van der Waals surface area contributed by atoms with Crippen LogP contribution in [0.5, 0.6) is 0 Å². The highest BCUT2D eigenvalue weighted by atomic mass is 16.7. The molecule has 9 nitrogen and oxygen atoms in total. The lowest BCUT2D eigenvalue weighted by Crippen LogP contribution is -2.36. The molecule has 3 heterocycles. The fourth-order valence-electron chi connectivity index (χ4n) is 2.95. The highest BCUT2D eigenvalue weighted by Crippen LogP contribution is 2.17. The van der Waals surface area contributed by atoms with Crippen molar-refractivity contribution in [3.8, 4) is 5.69 Å². The van der Waals surface area contributed by atoms with Gasteiger partial charge < -0.3 is 4.90 Å². The second kappa shape index (κ2) is 7.50. The third-order valence-electron chi connectivity index (χ3n) is 4.25. The zero-order valence-electron chi connectivity index (χ0n) is 14.9. The first-order valence-electron chi connectivity index (χ1n) is 8.67. The van der Waals surface area contributed by atoms with E-state index in [1.807, 2.05) is 25.1 Å². The number of hydrogen-bond acceptors (Lipinski definition) is 7. The van der Waals surface area contributed by atoms with E-state index in [-0.39, 0.29) is 5.91 Å². The minimum Gasteiger partial charge on any atom is -0.334 e. The molecule has 3 aromatic rings. The van der Waals surface area contributed by atoms with Crippen LogP contribution in [0, 0.1) is 6.92 Å². The fourth-order valence-corrected chi connectivity index (χ4v) is 2.95. The summed E-state index contributed by atoms with van der Waals surface area (Å²) in [7, 11) is 0. The number of carbonyl (C=O) groups excluding carboxylic acids is 1. The molecule has 9 heteroatoms. The van der Waals surface area contributed by atoms with E-state index in [1.54, 1.807) is 40.7 Å². The Morgan fingerprint density at radius 1 is 1.04 bits per heavy atom. The molecule has 1 aliphatic heterocycles. The van der Waals surface area contributed by atoms with Gasteiger partial charge in [-0.1, -0.05) is 12.1 Å². The molecule has 0 saturated carbocycles. The van der Waals surface area contributed by atoms with Crippen molar-refractivity contribution >= 4 is 11.7 Å². The van der Waals surface area contributed by atoms with Gasteiger partial charge in [0.05, 0.1) is 36.8 Å². The molecule has 138 valence electrons. The quantitative estimate of drug-likeness (QED) is 0.690. The van der Waals surface area contributed by atoms with Gasteiger partial charge in [0.2, 0.25) is 0 Å². The number of hydroxylamine groups is 1. The molecule has 1 fully saturated rings. The van der Waals surface area contributed by atoms with Gasteiger partial charge in [-0.05, 0) is 19.1 Å². The molecule has 27 heavy (non-hydrogen) atoms. The van der Waals surface area contributed by atoms with Crippen molar-refractivity contribution in [1.82, 2.24) is 29.9 Å². The summed E-state index contributed by atoms with van der Waals surface area (Å²) in [5.74, 6) is 1.29. The van der Waals surface area contributed by atoms with Gasteiger partial charge in [0.25, 0.3) is 5.91 Å². The molecular formula is C18H19N7O2. The molecule has 0 radical (unpaired) electrons. The molecule has 2 aromatic heterocycles. The molecule has 0 N–H and O–H groups in total. The average Bonchev–Trinajstić information content (AvgIpc) is 3.12. The maximum atomic E-state index is 13.1. The van der Waals surface area contributed by atoms with Crippen LogP contribution in [0.2, 0.25) is 0 Å². The maximum absolute atomic E-state index is 13.1. The van der Waals surface area contributed by atoms with Crippen molar-refractivity contribution in [2.24, 2.45) is 0 Å². The summed E-state index contributed by atoms with van der Waals surface area (Å²) in [6, 6.07) is 9.11. The summed E-state index contributed by atoms with van der Waals surface area (Å²) in [5, 5.41) is 9.99. The minimum atomic E-state index is -0.0766. The van der Waals surface area contributed by atoms with Crippen molar-refractivity contribution in [1.29, 1.82) is 0 Å². The zero-order chi connectivity index (χ0) is 18.6. The summed E-state index contributed by atoms with van der Waals surface area (Å²) >= 11 is 0. The smallest absolute Gasteiger partial charge is 0.256 e. The van der Waals surface area contributed by atoms with Crippen LogP contribution in [0.15, 0.2) is 48.9 Å². The zero-order valence-corrected chi connectivity index (χ0v) is 14.9. The molecular weight excluding hydrogens is 346 g/mol. The lowest BCUT2D eigenvalue weighted by atomic mass is 10.1. The van der Waals surface area contributed by atoms with Gasteiger partial charge in [-0.3, -0.25) is 9.63 Å². The van der Waals surface area contributed by atoms with Crippen molar-refractivity contribution in [3.63, 3.8) is 0 Å². The largest absolute Gasteiger partial charge is 0.334 e. The fraction of sp³-hybridized carbons (Fsp3) is 0.278. The molecule has 1 saturated heterocycles. The Kier molecular flexibility index (Phi) is 4.75. The number of aromatic nitrogens is 5. The van der Waals surface area contributed by atoms with Gasteiger partial charge >= 0.3 is 0 Å². The lowest BCUT2D eigenvalue weighted by Gasteiger charge is -2.22. The lowest BCUT2D eigenvalue weighted by molar-refractivity contribution is 0.0730. The van der Waals surface area contributed by atoms with E-state index in [0.717, 1.165) is 0 Å². The monoisotopic (exact) mass is 365 g/mol. The average molecular weight is 365 g/mol. The minimum absolute atomic E-state index is 0.0766. The highest BCUT2D eigenvalue weighted by molar-refractivity contribution is 5.97. The van der Waals surface area contributed by atoms with Crippen molar-refractivity contribution in [2.75, 3.05) is 31.3 Å². The van der Waals surface area contributed by atoms with Gasteiger partial charge in [0.15, 0.2) is 5.82 Å². The molecule has 1 amide bonds. The Hall–Kier alpha value is -3.33. The third kappa shape index (κ3) is 3.63. The van der Waals surface area contributed by atoms with Crippen LogP contribution in [0.3, 0.4) is 0 Å². The number of rotatable bonds is 3. The van der Waals surface area contributed by atoms with E-state index >= 15 is 0 Å². The van der Waals surface area contributed by atoms with E-state index in [4.69, 9.17) is 4.84 Å². The van der Waals surface area contributed by atoms with Gasteiger partial charge in [-0.2, -0.15) is 15.0 Å². The Balaban J connectivity index is 1.53. The molecule has 1 aliphatic rings. The first kappa shape index (κ1) is 17.1. The number of nitrogens with zero attached hydrogens (tertiary/aromatic N) is 7. The summed E-state index contributed by atoms with van der Waals surface area (Å²) in [6.45, 7) is 3.74. The predicted octanol–water partition coefficient (Wildman–Crippen LogP) is 1.26. The van der Waals surface area contributed by atoms with Crippen molar-refractivity contribution < 1.29 is 9.63 Å². The first-order chi connectivity index (χ1) is 13.2. The molecule has 1 aromatic carbocycles. The molecule has 0 bridgehead atoms. The SMILES string of the molecule is Cc1nccc(N2CCN(C(=O)c3ccccc3-n3nccn3)CCO2)n1. The van der Waals surface area contributed by atoms with E-state index in [9.17, 15) is 4.79 Å². The highest BCUT2D eigenvalue weighted by Gasteiger charge is 2.24. The van der Waals surface area contributed by atoms with Crippen LogP contribution in [0.25, 0.3) is 5.69 Å². The van der Waals surface area contributed by atoms with Crippen molar-refractivity contribution in [2.45, 2.75) is 6.92 Å². The van der Waals surface area contributed by atoms with Crippen LogP contribution in [0.4, 0.5) is 5.82 Å². The summed E-state index contributed by atoms with van der Waals surface area (Å²) in [5.41, 5.74) is 1.21.